The molecule has 5 heteroatoms. The monoisotopic (exact) mass is 162 g/mol. The molecule has 3 N–H and O–H groups in total. The zero-order chi connectivity index (χ0) is 6.69. The Bertz CT molecular complexity index is 162. The van der Waals surface area contributed by atoms with Gasteiger partial charge in [0.2, 0.25) is 0 Å². The van der Waals surface area contributed by atoms with Gasteiger partial charge in [0.05, 0.1) is 6.04 Å². The molecule has 4 nitrogen and oxygen atoms in total. The molecular weight excluding hydrogens is 152 g/mol. The highest BCUT2D eigenvalue weighted by atomic mass is 35.5. The van der Waals surface area contributed by atoms with Crippen LogP contribution >= 0.6 is 12.4 Å². The van der Waals surface area contributed by atoms with Crippen LogP contribution in [0.15, 0.2) is 6.33 Å². The highest BCUT2D eigenvalue weighted by Crippen LogP contribution is 2.04. The molecule has 0 aliphatic rings. The first-order valence-corrected chi connectivity index (χ1v) is 2.95. The van der Waals surface area contributed by atoms with Gasteiger partial charge in [-0.3, -0.25) is 5.10 Å². The average molecular weight is 163 g/mol. The maximum atomic E-state index is 5.60. The number of hydrogen-bond acceptors (Lipinski definition) is 3. The fourth-order valence-corrected chi connectivity index (χ4v) is 0.587. The standard InChI is InChI=1S/C5H10N4.ClH/c1-2-4(6)5-7-3-8-9-5;/h3-4H,2,6H2,1H3,(H,7,8,9);1H/t4-;/m1./s1. The molecule has 10 heavy (non-hydrogen) atoms. The number of nitrogens with one attached hydrogen (secondary N) is 1. The smallest absolute Gasteiger partial charge is 0.141 e. The molecule has 0 bridgehead atoms. The second-order valence-electron chi connectivity index (χ2n) is 1.89. The molecule has 58 valence electrons. The van der Waals surface area contributed by atoms with Gasteiger partial charge in [-0.15, -0.1) is 12.4 Å². The van der Waals surface area contributed by atoms with Crippen LogP contribution in [0.4, 0.5) is 0 Å². The summed E-state index contributed by atoms with van der Waals surface area (Å²) in [5, 5.41) is 6.38. The zero-order valence-electron chi connectivity index (χ0n) is 5.74. The summed E-state index contributed by atoms with van der Waals surface area (Å²) in [4.78, 5) is 3.90. The summed E-state index contributed by atoms with van der Waals surface area (Å²) < 4.78 is 0. The zero-order valence-corrected chi connectivity index (χ0v) is 6.56. The molecule has 0 fully saturated rings. The SMILES string of the molecule is CC[C@@H](N)c1ncn[nH]1.Cl. The van der Waals surface area contributed by atoms with Crippen LogP contribution in [0.3, 0.4) is 0 Å². The van der Waals surface area contributed by atoms with Gasteiger partial charge >= 0.3 is 0 Å². The molecule has 1 heterocycles. The molecule has 1 atom stereocenters. The number of aromatic amines is 1. The molecule has 0 aliphatic carbocycles. The number of rotatable bonds is 2. The quantitative estimate of drug-likeness (QED) is 0.671. The van der Waals surface area contributed by atoms with Crippen LogP contribution in [0.5, 0.6) is 0 Å². The van der Waals surface area contributed by atoms with Crippen LogP contribution in [0, 0.1) is 0 Å². The highest BCUT2D eigenvalue weighted by Gasteiger charge is 2.03. The van der Waals surface area contributed by atoms with Crippen molar-refractivity contribution in [3.63, 3.8) is 0 Å². The van der Waals surface area contributed by atoms with Crippen LogP contribution in [0.25, 0.3) is 0 Å². The van der Waals surface area contributed by atoms with E-state index in [4.69, 9.17) is 5.73 Å². The number of nitrogens with zero attached hydrogens (tertiary/aromatic N) is 2. The van der Waals surface area contributed by atoms with Crippen molar-refractivity contribution in [3.8, 4) is 0 Å². The van der Waals surface area contributed by atoms with Gasteiger partial charge in [0.25, 0.3) is 0 Å². The maximum Gasteiger partial charge on any atom is 0.141 e. The molecule has 0 radical (unpaired) electrons. The van der Waals surface area contributed by atoms with Gasteiger partial charge in [0, 0.05) is 0 Å². The molecule has 0 amide bonds. The summed E-state index contributed by atoms with van der Waals surface area (Å²) in [7, 11) is 0. The van der Waals surface area contributed by atoms with E-state index in [1.165, 1.54) is 6.33 Å². The first kappa shape index (κ1) is 9.39. The van der Waals surface area contributed by atoms with E-state index in [0.29, 0.717) is 0 Å². The van der Waals surface area contributed by atoms with E-state index < -0.39 is 0 Å². The van der Waals surface area contributed by atoms with Gasteiger partial charge < -0.3 is 5.73 Å². The maximum absolute atomic E-state index is 5.60. The Morgan fingerprint density at radius 1 is 1.80 bits per heavy atom. The number of nitrogens with two attached hydrogens (primary N) is 1. The van der Waals surface area contributed by atoms with E-state index in [1.54, 1.807) is 0 Å². The van der Waals surface area contributed by atoms with Gasteiger partial charge in [-0.05, 0) is 6.42 Å². The molecule has 0 saturated carbocycles. The number of hydrogen-bond donors (Lipinski definition) is 2. The number of halogens is 1. The van der Waals surface area contributed by atoms with Crippen LogP contribution in [-0.2, 0) is 0 Å². The fourth-order valence-electron chi connectivity index (χ4n) is 0.587. The largest absolute Gasteiger partial charge is 0.321 e. The second-order valence-corrected chi connectivity index (χ2v) is 1.89. The molecule has 0 saturated heterocycles. The van der Waals surface area contributed by atoms with Crippen molar-refractivity contribution in [3.05, 3.63) is 12.2 Å². The van der Waals surface area contributed by atoms with Crippen LogP contribution in [-0.4, -0.2) is 15.2 Å². The summed E-state index contributed by atoms with van der Waals surface area (Å²) >= 11 is 0. The van der Waals surface area contributed by atoms with Gasteiger partial charge in [0.15, 0.2) is 0 Å². The lowest BCUT2D eigenvalue weighted by molar-refractivity contribution is 0.652. The normalized spacial score (nSPS) is 12.2. The summed E-state index contributed by atoms with van der Waals surface area (Å²) in [5.74, 6) is 0.762. The lowest BCUT2D eigenvalue weighted by atomic mass is 10.2. The molecule has 1 rings (SSSR count). The van der Waals surface area contributed by atoms with Gasteiger partial charge in [-0.1, -0.05) is 6.92 Å². The van der Waals surface area contributed by atoms with E-state index in [0.717, 1.165) is 12.2 Å². The summed E-state index contributed by atoms with van der Waals surface area (Å²) in [6, 6.07) is 0.00694. The van der Waals surface area contributed by atoms with Crippen molar-refractivity contribution in [1.29, 1.82) is 0 Å². The number of aromatic nitrogens is 3. The van der Waals surface area contributed by atoms with E-state index in [9.17, 15) is 0 Å². The van der Waals surface area contributed by atoms with Crippen LogP contribution in [0.1, 0.15) is 25.2 Å². The van der Waals surface area contributed by atoms with Crippen molar-refractivity contribution in [2.75, 3.05) is 0 Å². The Hall–Kier alpha value is -0.610. The summed E-state index contributed by atoms with van der Waals surface area (Å²) in [6.07, 6.45) is 2.35. The third-order valence-corrected chi connectivity index (χ3v) is 1.22. The second kappa shape index (κ2) is 4.24. The highest BCUT2D eigenvalue weighted by molar-refractivity contribution is 5.85. The lowest BCUT2D eigenvalue weighted by Crippen LogP contribution is -2.10. The lowest BCUT2D eigenvalue weighted by Gasteiger charge is -2.00. The van der Waals surface area contributed by atoms with Gasteiger partial charge in [-0.25, -0.2) is 4.98 Å². The van der Waals surface area contributed by atoms with Crippen molar-refractivity contribution in [2.45, 2.75) is 19.4 Å². The Labute approximate surface area is 65.6 Å². The predicted molar refractivity (Wildman–Crippen MR) is 40.9 cm³/mol. The topological polar surface area (TPSA) is 67.6 Å². The Balaban J connectivity index is 0.000000810. The molecular formula is C5H11ClN4. The first-order valence-electron chi connectivity index (χ1n) is 2.95. The summed E-state index contributed by atoms with van der Waals surface area (Å²) in [5.41, 5.74) is 5.60. The van der Waals surface area contributed by atoms with Gasteiger partial charge in [0.1, 0.15) is 12.2 Å². The van der Waals surface area contributed by atoms with Crippen molar-refractivity contribution in [2.24, 2.45) is 5.73 Å². The Morgan fingerprint density at radius 3 is 2.90 bits per heavy atom. The molecule has 1 aromatic heterocycles. The summed E-state index contributed by atoms with van der Waals surface area (Å²) in [6.45, 7) is 2.01. The minimum absolute atomic E-state index is 0. The van der Waals surface area contributed by atoms with Crippen molar-refractivity contribution < 1.29 is 0 Å². The van der Waals surface area contributed by atoms with E-state index >= 15 is 0 Å². The molecule has 0 aliphatic heterocycles. The predicted octanol–water partition coefficient (Wildman–Crippen LogP) is 0.636. The van der Waals surface area contributed by atoms with E-state index in [1.807, 2.05) is 6.92 Å². The first-order chi connectivity index (χ1) is 4.34. The molecule has 0 aromatic carbocycles. The van der Waals surface area contributed by atoms with Crippen molar-refractivity contribution >= 4 is 12.4 Å². The van der Waals surface area contributed by atoms with E-state index in [-0.39, 0.29) is 18.4 Å². The third kappa shape index (κ3) is 1.97. The molecule has 1 aromatic rings. The molecule has 0 unspecified atom stereocenters. The van der Waals surface area contributed by atoms with Crippen LogP contribution < -0.4 is 5.73 Å². The minimum Gasteiger partial charge on any atom is -0.321 e. The fraction of sp³-hybridized carbons (Fsp3) is 0.600. The average Bonchev–Trinajstić information content (AvgIpc) is 2.37. The van der Waals surface area contributed by atoms with Gasteiger partial charge in [-0.2, -0.15) is 5.10 Å². The van der Waals surface area contributed by atoms with E-state index in [2.05, 4.69) is 15.2 Å². The van der Waals surface area contributed by atoms with Crippen molar-refractivity contribution in [1.82, 2.24) is 15.2 Å². The molecule has 0 spiro atoms. The third-order valence-electron chi connectivity index (χ3n) is 1.22. The Morgan fingerprint density at radius 2 is 2.50 bits per heavy atom. The van der Waals surface area contributed by atoms with Crippen LogP contribution in [0.2, 0.25) is 0 Å². The Kier molecular flexibility index (Phi) is 3.99. The minimum atomic E-state index is 0. The number of H-pyrrole nitrogens is 1.